The average Bonchev–Trinajstić information content (AvgIpc) is 2.25. The molecule has 0 saturated heterocycles. The van der Waals surface area contributed by atoms with Crippen LogP contribution >= 0.6 is 0 Å². The lowest BCUT2D eigenvalue weighted by atomic mass is 9.93. The summed E-state index contributed by atoms with van der Waals surface area (Å²) in [5.41, 5.74) is 10.3. The van der Waals surface area contributed by atoms with Gasteiger partial charge in [0, 0.05) is 19.0 Å². The smallest absolute Gasteiger partial charge is 0.224 e. The highest BCUT2D eigenvalue weighted by molar-refractivity contribution is 5.80. The summed E-state index contributed by atoms with van der Waals surface area (Å²) in [4.78, 5) is 19.5. The number of aryl methyl sites for hydroxylation is 1. The molecule has 0 spiro atoms. The number of rotatable bonds is 5. The van der Waals surface area contributed by atoms with Gasteiger partial charge >= 0.3 is 0 Å². The predicted molar refractivity (Wildman–Crippen MR) is 67.3 cm³/mol. The molecule has 0 bridgehead atoms. The second kappa shape index (κ2) is 4.99. The highest BCUT2D eigenvalue weighted by Gasteiger charge is 2.24. The molecule has 0 aliphatic heterocycles. The van der Waals surface area contributed by atoms with Crippen LogP contribution in [-0.2, 0) is 11.2 Å². The normalized spacial score (nSPS) is 11.2. The first kappa shape index (κ1) is 13.2. The zero-order valence-corrected chi connectivity index (χ0v) is 10.4. The summed E-state index contributed by atoms with van der Waals surface area (Å²) in [5, 5.41) is 3.05. The molecule has 17 heavy (non-hydrogen) atoms. The van der Waals surface area contributed by atoms with E-state index in [1.807, 2.05) is 6.92 Å². The summed E-state index contributed by atoms with van der Waals surface area (Å²) < 4.78 is 0. The summed E-state index contributed by atoms with van der Waals surface area (Å²) in [7, 11) is 0. The minimum Gasteiger partial charge on any atom is -0.384 e. The Morgan fingerprint density at radius 1 is 1.47 bits per heavy atom. The largest absolute Gasteiger partial charge is 0.384 e. The van der Waals surface area contributed by atoms with Crippen LogP contribution in [0.25, 0.3) is 0 Å². The van der Waals surface area contributed by atoms with Crippen LogP contribution in [0.15, 0.2) is 6.07 Å². The van der Waals surface area contributed by atoms with Gasteiger partial charge in [0.05, 0.1) is 5.41 Å². The van der Waals surface area contributed by atoms with Gasteiger partial charge in [-0.1, -0.05) is 6.92 Å². The van der Waals surface area contributed by atoms with Crippen molar-refractivity contribution >= 4 is 17.5 Å². The fraction of sp³-hybridized carbons (Fsp3) is 0.545. The first-order chi connectivity index (χ1) is 7.85. The van der Waals surface area contributed by atoms with Gasteiger partial charge in [-0.05, 0) is 13.8 Å². The van der Waals surface area contributed by atoms with E-state index < -0.39 is 5.41 Å². The van der Waals surface area contributed by atoms with Crippen LogP contribution in [0.3, 0.4) is 0 Å². The van der Waals surface area contributed by atoms with Crippen LogP contribution in [0.2, 0.25) is 0 Å². The molecule has 0 radical (unpaired) electrons. The van der Waals surface area contributed by atoms with Gasteiger partial charge in [-0.25, -0.2) is 9.97 Å². The molecule has 6 heteroatoms. The van der Waals surface area contributed by atoms with Crippen LogP contribution in [0.5, 0.6) is 0 Å². The van der Waals surface area contributed by atoms with Gasteiger partial charge < -0.3 is 16.8 Å². The topological polar surface area (TPSA) is 107 Å². The molecule has 0 aliphatic carbocycles. The van der Waals surface area contributed by atoms with Crippen molar-refractivity contribution in [3.05, 3.63) is 11.9 Å². The van der Waals surface area contributed by atoms with Crippen molar-refractivity contribution in [1.29, 1.82) is 0 Å². The Labute approximate surface area is 101 Å². The summed E-state index contributed by atoms with van der Waals surface area (Å²) in [6.45, 7) is 5.90. The Bertz CT molecular complexity index is 416. The molecule has 1 rings (SSSR count). The van der Waals surface area contributed by atoms with Crippen molar-refractivity contribution in [2.45, 2.75) is 27.2 Å². The van der Waals surface area contributed by atoms with Gasteiger partial charge in [0.1, 0.15) is 17.5 Å². The van der Waals surface area contributed by atoms with Crippen LogP contribution in [0, 0.1) is 5.41 Å². The molecule has 0 aliphatic rings. The maximum absolute atomic E-state index is 11.2. The summed E-state index contributed by atoms with van der Waals surface area (Å²) >= 11 is 0. The highest BCUT2D eigenvalue weighted by Crippen LogP contribution is 2.16. The number of nitrogens with zero attached hydrogens (tertiary/aromatic N) is 2. The molecule has 1 aromatic heterocycles. The lowest BCUT2D eigenvalue weighted by Gasteiger charge is -2.21. The molecule has 0 aromatic carbocycles. The average molecular weight is 237 g/mol. The lowest BCUT2D eigenvalue weighted by Crippen LogP contribution is -2.37. The van der Waals surface area contributed by atoms with E-state index >= 15 is 0 Å². The Hall–Kier alpha value is -1.85. The molecule has 0 saturated carbocycles. The van der Waals surface area contributed by atoms with E-state index in [0.717, 1.165) is 0 Å². The van der Waals surface area contributed by atoms with E-state index in [-0.39, 0.29) is 5.91 Å². The Morgan fingerprint density at radius 2 is 2.12 bits per heavy atom. The minimum atomic E-state index is -0.633. The van der Waals surface area contributed by atoms with E-state index in [2.05, 4.69) is 15.3 Å². The number of carbonyl (C=O) groups excluding carboxylic acids is 1. The molecular weight excluding hydrogens is 218 g/mol. The number of nitrogens with two attached hydrogens (primary N) is 2. The third-order valence-corrected chi connectivity index (χ3v) is 2.49. The molecule has 94 valence electrons. The maximum atomic E-state index is 11.2. The Balaban J connectivity index is 2.76. The number of nitrogens with one attached hydrogen (secondary N) is 1. The number of hydrogen-bond acceptors (Lipinski definition) is 5. The minimum absolute atomic E-state index is 0.359. The Morgan fingerprint density at radius 3 is 2.65 bits per heavy atom. The van der Waals surface area contributed by atoms with Crippen LogP contribution in [0.4, 0.5) is 11.6 Å². The van der Waals surface area contributed by atoms with Gasteiger partial charge in [0.2, 0.25) is 5.91 Å². The molecule has 1 heterocycles. The second-order valence-electron chi connectivity index (χ2n) is 4.55. The van der Waals surface area contributed by atoms with E-state index in [1.54, 1.807) is 19.9 Å². The SMILES string of the molecule is CCc1nc(N)cc(NCC(C)(C)C(N)=O)n1. The zero-order chi connectivity index (χ0) is 13.1. The van der Waals surface area contributed by atoms with E-state index in [4.69, 9.17) is 11.5 Å². The first-order valence-electron chi connectivity index (χ1n) is 5.52. The molecule has 1 amide bonds. The number of hydrogen-bond donors (Lipinski definition) is 3. The number of carbonyl (C=O) groups is 1. The van der Waals surface area contributed by atoms with Crippen molar-refractivity contribution in [3.63, 3.8) is 0 Å². The standard InChI is InChI=1S/C11H19N5O/c1-4-8-15-7(12)5-9(16-8)14-6-11(2,3)10(13)17/h5H,4,6H2,1-3H3,(H2,13,17)(H3,12,14,15,16). The zero-order valence-electron chi connectivity index (χ0n) is 10.4. The van der Waals surface area contributed by atoms with E-state index in [1.165, 1.54) is 0 Å². The number of aromatic nitrogens is 2. The van der Waals surface area contributed by atoms with Gasteiger partial charge in [-0.2, -0.15) is 0 Å². The van der Waals surface area contributed by atoms with Crippen LogP contribution in [0.1, 0.15) is 26.6 Å². The molecular formula is C11H19N5O. The maximum Gasteiger partial charge on any atom is 0.224 e. The van der Waals surface area contributed by atoms with E-state index in [9.17, 15) is 4.79 Å². The van der Waals surface area contributed by atoms with Gasteiger partial charge in [-0.15, -0.1) is 0 Å². The predicted octanol–water partition coefficient (Wildman–Crippen LogP) is 0.545. The fourth-order valence-corrected chi connectivity index (χ4v) is 1.17. The monoisotopic (exact) mass is 237 g/mol. The first-order valence-corrected chi connectivity index (χ1v) is 5.52. The van der Waals surface area contributed by atoms with Crippen molar-refractivity contribution in [2.75, 3.05) is 17.6 Å². The lowest BCUT2D eigenvalue weighted by molar-refractivity contribution is -0.125. The van der Waals surface area contributed by atoms with Crippen molar-refractivity contribution < 1.29 is 4.79 Å². The van der Waals surface area contributed by atoms with Crippen molar-refractivity contribution in [2.24, 2.45) is 11.1 Å². The van der Waals surface area contributed by atoms with Gasteiger partial charge in [0.25, 0.3) is 0 Å². The summed E-state index contributed by atoms with van der Waals surface area (Å²) in [5.74, 6) is 1.34. The summed E-state index contributed by atoms with van der Waals surface area (Å²) in [6, 6.07) is 1.64. The third kappa shape index (κ3) is 3.58. The highest BCUT2D eigenvalue weighted by atomic mass is 16.1. The number of anilines is 2. The van der Waals surface area contributed by atoms with Crippen LogP contribution < -0.4 is 16.8 Å². The molecule has 0 atom stereocenters. The second-order valence-corrected chi connectivity index (χ2v) is 4.55. The van der Waals surface area contributed by atoms with Gasteiger partial charge in [0.15, 0.2) is 0 Å². The summed E-state index contributed by atoms with van der Waals surface area (Å²) in [6.07, 6.45) is 0.707. The Kier molecular flexibility index (Phi) is 3.88. The number of primary amides is 1. The van der Waals surface area contributed by atoms with Crippen molar-refractivity contribution in [1.82, 2.24) is 9.97 Å². The fourth-order valence-electron chi connectivity index (χ4n) is 1.17. The van der Waals surface area contributed by atoms with Crippen LogP contribution in [-0.4, -0.2) is 22.4 Å². The van der Waals surface area contributed by atoms with Crippen molar-refractivity contribution in [3.8, 4) is 0 Å². The third-order valence-electron chi connectivity index (χ3n) is 2.49. The number of amides is 1. The number of nitrogen functional groups attached to an aromatic ring is 1. The quantitative estimate of drug-likeness (QED) is 0.693. The molecule has 0 fully saturated rings. The molecule has 6 nitrogen and oxygen atoms in total. The molecule has 5 N–H and O–H groups in total. The van der Waals surface area contributed by atoms with E-state index in [0.29, 0.717) is 30.4 Å². The molecule has 0 unspecified atom stereocenters. The molecule has 1 aromatic rings. The van der Waals surface area contributed by atoms with Gasteiger partial charge in [-0.3, -0.25) is 4.79 Å².